The summed E-state index contributed by atoms with van der Waals surface area (Å²) in [4.78, 5) is 6.18. The van der Waals surface area contributed by atoms with Crippen molar-refractivity contribution in [3.63, 3.8) is 0 Å². The molecule has 31 heavy (non-hydrogen) atoms. The number of halogens is 1. The number of fused-ring (bicyclic) bond motifs is 3. The summed E-state index contributed by atoms with van der Waals surface area (Å²) in [6, 6.07) is 12.3. The molecule has 1 aromatic carbocycles. The molecule has 0 atom stereocenters. The standard InChI is InChI=1S/C23H26ClN7/c1-15-27-28-23-6-5-20-22(31(15)23)12-21(19(25)7-8-26-2)30(20)14-17-9-16(13-29(3)4)10-18(24)11-17/h5-6,8-12,25H,7,13-14H2,1-4H3. The van der Waals surface area contributed by atoms with Gasteiger partial charge in [0.1, 0.15) is 5.82 Å². The number of nitrogens with zero attached hydrogens (tertiary/aromatic N) is 6. The van der Waals surface area contributed by atoms with Gasteiger partial charge in [-0.15, -0.1) is 10.2 Å². The third-order valence-corrected chi connectivity index (χ3v) is 5.46. The Morgan fingerprint density at radius 1 is 1.13 bits per heavy atom. The van der Waals surface area contributed by atoms with Crippen LogP contribution < -0.4 is 0 Å². The summed E-state index contributed by atoms with van der Waals surface area (Å²) in [6.07, 6.45) is 2.23. The molecule has 0 unspecified atom stereocenters. The van der Waals surface area contributed by atoms with E-state index in [0.717, 1.165) is 50.9 Å². The normalized spacial score (nSPS) is 12.1. The van der Waals surface area contributed by atoms with Crippen LogP contribution in [0.1, 0.15) is 29.1 Å². The van der Waals surface area contributed by atoms with Gasteiger partial charge >= 0.3 is 0 Å². The van der Waals surface area contributed by atoms with E-state index in [-0.39, 0.29) is 0 Å². The van der Waals surface area contributed by atoms with Crippen LogP contribution in [0.25, 0.3) is 16.7 Å². The van der Waals surface area contributed by atoms with Crippen LogP contribution in [0.5, 0.6) is 0 Å². The summed E-state index contributed by atoms with van der Waals surface area (Å²) in [5.41, 5.74) is 6.44. The van der Waals surface area contributed by atoms with Gasteiger partial charge in [-0.3, -0.25) is 4.40 Å². The zero-order chi connectivity index (χ0) is 22.1. The molecule has 0 radical (unpaired) electrons. The Bertz CT molecular complexity index is 1300. The van der Waals surface area contributed by atoms with Gasteiger partial charge in [0.15, 0.2) is 5.65 Å². The quantitative estimate of drug-likeness (QED) is 0.442. The van der Waals surface area contributed by atoms with Crippen molar-refractivity contribution in [3.05, 3.63) is 64.1 Å². The summed E-state index contributed by atoms with van der Waals surface area (Å²) in [7, 11) is 5.81. The minimum absolute atomic E-state index is 0.471. The molecule has 0 bridgehead atoms. The summed E-state index contributed by atoms with van der Waals surface area (Å²) < 4.78 is 4.21. The van der Waals surface area contributed by atoms with Gasteiger partial charge in [0.05, 0.1) is 22.4 Å². The third-order valence-electron chi connectivity index (χ3n) is 5.24. The van der Waals surface area contributed by atoms with Crippen molar-refractivity contribution in [2.75, 3.05) is 21.1 Å². The summed E-state index contributed by atoms with van der Waals surface area (Å²) in [5.74, 6) is 0.821. The predicted molar refractivity (Wildman–Crippen MR) is 127 cm³/mol. The summed E-state index contributed by atoms with van der Waals surface area (Å²) in [6.45, 7) is 3.37. The van der Waals surface area contributed by atoms with Gasteiger partial charge in [-0.2, -0.15) is 0 Å². The SMILES string of the molecule is CN=CCC(=N)c1cc2c(ccc3nnc(C)n32)n1Cc1cc(Cl)cc(CN(C)C)c1. The molecule has 0 saturated carbocycles. The lowest BCUT2D eigenvalue weighted by atomic mass is 10.1. The largest absolute Gasteiger partial charge is 0.334 e. The van der Waals surface area contributed by atoms with E-state index in [0.29, 0.717) is 18.7 Å². The number of aromatic nitrogens is 4. The van der Waals surface area contributed by atoms with Crippen LogP contribution in [0.15, 0.2) is 41.4 Å². The first-order chi connectivity index (χ1) is 14.9. The van der Waals surface area contributed by atoms with Gasteiger partial charge in [0.2, 0.25) is 0 Å². The number of nitrogens with one attached hydrogen (secondary N) is 1. The maximum atomic E-state index is 8.69. The van der Waals surface area contributed by atoms with Crippen molar-refractivity contribution in [3.8, 4) is 0 Å². The van der Waals surface area contributed by atoms with Gasteiger partial charge in [0.25, 0.3) is 0 Å². The Labute approximate surface area is 186 Å². The van der Waals surface area contributed by atoms with Gasteiger partial charge in [-0.05, 0) is 62.5 Å². The van der Waals surface area contributed by atoms with E-state index in [2.05, 4.69) is 42.9 Å². The fourth-order valence-electron chi connectivity index (χ4n) is 4.00. The monoisotopic (exact) mass is 435 g/mol. The Hall–Kier alpha value is -3.03. The van der Waals surface area contributed by atoms with Crippen molar-refractivity contribution in [2.45, 2.75) is 26.4 Å². The molecule has 0 saturated heterocycles. The third kappa shape index (κ3) is 4.24. The van der Waals surface area contributed by atoms with Gasteiger partial charge in [0, 0.05) is 37.8 Å². The first-order valence-corrected chi connectivity index (χ1v) is 10.5. The summed E-state index contributed by atoms with van der Waals surface area (Å²) in [5, 5.41) is 17.9. The predicted octanol–water partition coefficient (Wildman–Crippen LogP) is 4.21. The van der Waals surface area contributed by atoms with Crippen LogP contribution in [0.2, 0.25) is 5.02 Å². The molecular weight excluding hydrogens is 410 g/mol. The zero-order valence-electron chi connectivity index (χ0n) is 18.2. The second-order valence-electron chi connectivity index (χ2n) is 7.99. The van der Waals surface area contributed by atoms with Crippen molar-refractivity contribution in [1.82, 2.24) is 24.1 Å². The Kier molecular flexibility index (Phi) is 5.89. The van der Waals surface area contributed by atoms with Gasteiger partial charge < -0.3 is 19.9 Å². The molecule has 3 aromatic heterocycles. The number of rotatable bonds is 7. The highest BCUT2D eigenvalue weighted by atomic mass is 35.5. The molecule has 8 heteroatoms. The Morgan fingerprint density at radius 3 is 2.65 bits per heavy atom. The van der Waals surface area contributed by atoms with E-state index in [1.165, 1.54) is 0 Å². The number of hydrogen-bond donors (Lipinski definition) is 1. The van der Waals surface area contributed by atoms with Crippen LogP contribution in [-0.4, -0.2) is 57.1 Å². The first kappa shape index (κ1) is 21.2. The second-order valence-corrected chi connectivity index (χ2v) is 8.43. The molecule has 1 N–H and O–H groups in total. The highest BCUT2D eigenvalue weighted by Crippen LogP contribution is 2.26. The molecule has 4 aromatic rings. The molecular formula is C23H26ClN7. The Morgan fingerprint density at radius 2 is 1.90 bits per heavy atom. The topological polar surface area (TPSA) is 74.6 Å². The lowest BCUT2D eigenvalue weighted by Crippen LogP contribution is -2.12. The van der Waals surface area contributed by atoms with Crippen LogP contribution in [0.3, 0.4) is 0 Å². The lowest BCUT2D eigenvalue weighted by Gasteiger charge is -2.15. The van der Waals surface area contributed by atoms with Crippen molar-refractivity contribution >= 4 is 40.2 Å². The second kappa shape index (κ2) is 8.61. The maximum absolute atomic E-state index is 8.69. The molecule has 160 valence electrons. The number of pyridine rings is 1. The minimum Gasteiger partial charge on any atom is -0.334 e. The van der Waals surface area contributed by atoms with E-state index in [4.69, 9.17) is 17.0 Å². The number of benzene rings is 1. The fourth-order valence-corrected chi connectivity index (χ4v) is 4.28. The van der Waals surface area contributed by atoms with Crippen molar-refractivity contribution in [2.24, 2.45) is 4.99 Å². The molecule has 4 rings (SSSR count). The molecule has 7 nitrogen and oxygen atoms in total. The zero-order valence-corrected chi connectivity index (χ0v) is 19.0. The van der Waals surface area contributed by atoms with Crippen molar-refractivity contribution in [1.29, 1.82) is 5.41 Å². The first-order valence-electron chi connectivity index (χ1n) is 10.1. The van der Waals surface area contributed by atoms with Crippen LogP contribution in [0.4, 0.5) is 0 Å². The van der Waals surface area contributed by atoms with E-state index in [1.54, 1.807) is 13.3 Å². The number of hydrogen-bond acceptors (Lipinski definition) is 5. The van der Waals surface area contributed by atoms with E-state index >= 15 is 0 Å². The molecule has 0 aliphatic carbocycles. The highest BCUT2D eigenvalue weighted by Gasteiger charge is 2.17. The van der Waals surface area contributed by atoms with E-state index in [1.807, 2.05) is 43.6 Å². The van der Waals surface area contributed by atoms with Crippen LogP contribution in [-0.2, 0) is 13.1 Å². The molecule has 0 aliphatic rings. The smallest absolute Gasteiger partial charge is 0.161 e. The molecule has 0 aliphatic heterocycles. The molecule has 0 spiro atoms. The average molecular weight is 436 g/mol. The van der Waals surface area contributed by atoms with Crippen molar-refractivity contribution < 1.29 is 0 Å². The van der Waals surface area contributed by atoms with Gasteiger partial charge in [-0.25, -0.2) is 0 Å². The van der Waals surface area contributed by atoms with E-state index in [9.17, 15) is 0 Å². The molecule has 0 fully saturated rings. The van der Waals surface area contributed by atoms with Crippen LogP contribution in [0, 0.1) is 12.3 Å². The van der Waals surface area contributed by atoms with Gasteiger partial charge in [-0.1, -0.05) is 17.7 Å². The lowest BCUT2D eigenvalue weighted by molar-refractivity contribution is 0.402. The number of aliphatic imine (C=N–C) groups is 1. The minimum atomic E-state index is 0.471. The molecule has 0 amide bonds. The maximum Gasteiger partial charge on any atom is 0.161 e. The van der Waals surface area contributed by atoms with Crippen LogP contribution >= 0.6 is 11.6 Å². The Balaban J connectivity index is 1.87. The fraction of sp³-hybridized carbons (Fsp3) is 0.304. The summed E-state index contributed by atoms with van der Waals surface area (Å²) >= 11 is 6.44. The molecule has 3 heterocycles. The average Bonchev–Trinajstić information content (AvgIpc) is 3.26. The van der Waals surface area contributed by atoms with E-state index < -0.39 is 0 Å². The number of aryl methyl sites for hydroxylation is 1. The highest BCUT2D eigenvalue weighted by molar-refractivity contribution is 6.30.